The van der Waals surface area contributed by atoms with Crippen molar-refractivity contribution in [3.8, 4) is 0 Å². The first-order chi connectivity index (χ1) is 12.4. The zero-order chi connectivity index (χ0) is 18.6. The van der Waals surface area contributed by atoms with Gasteiger partial charge in [0.15, 0.2) is 6.61 Å². The van der Waals surface area contributed by atoms with Crippen molar-refractivity contribution in [2.45, 2.75) is 24.3 Å². The van der Waals surface area contributed by atoms with E-state index in [2.05, 4.69) is 10.0 Å². The number of ether oxygens (including phenoxy) is 1. The highest BCUT2D eigenvalue weighted by Crippen LogP contribution is 2.30. The molecule has 1 fully saturated rings. The van der Waals surface area contributed by atoms with Crippen LogP contribution in [0.15, 0.2) is 52.0 Å². The summed E-state index contributed by atoms with van der Waals surface area (Å²) in [4.78, 5) is 23.3. The maximum Gasteiger partial charge on any atom is 0.309 e. The van der Waals surface area contributed by atoms with E-state index in [1.807, 2.05) is 0 Å². The Morgan fingerprint density at radius 2 is 2.00 bits per heavy atom. The quantitative estimate of drug-likeness (QED) is 0.675. The standard InChI is InChI=1S/C17H18N2O6S/c20-16(11-25-17(21)12-6-7-12)19-13-3-1-5-15(9-13)26(22,23)18-10-14-4-2-8-24-14/h1-5,8-9,12,18H,6-7,10-11H2,(H,19,20). The first-order valence-corrected chi connectivity index (χ1v) is 9.51. The van der Waals surface area contributed by atoms with Crippen LogP contribution in [0.2, 0.25) is 0 Å². The summed E-state index contributed by atoms with van der Waals surface area (Å²) >= 11 is 0. The smallest absolute Gasteiger partial charge is 0.309 e. The van der Waals surface area contributed by atoms with Crippen LogP contribution in [0.1, 0.15) is 18.6 Å². The van der Waals surface area contributed by atoms with Crippen LogP contribution in [0, 0.1) is 5.92 Å². The molecule has 8 nitrogen and oxygen atoms in total. The summed E-state index contributed by atoms with van der Waals surface area (Å²) in [6, 6.07) is 9.11. The minimum atomic E-state index is -3.77. The molecule has 3 rings (SSSR count). The van der Waals surface area contributed by atoms with E-state index in [-0.39, 0.29) is 23.3 Å². The highest BCUT2D eigenvalue weighted by atomic mass is 32.2. The van der Waals surface area contributed by atoms with Gasteiger partial charge in [0.25, 0.3) is 5.91 Å². The third kappa shape index (κ3) is 4.93. The second-order valence-electron chi connectivity index (χ2n) is 5.86. The number of hydrogen-bond acceptors (Lipinski definition) is 6. The minimum Gasteiger partial charge on any atom is -0.468 e. The Balaban J connectivity index is 1.57. The number of carbonyl (C=O) groups is 2. The predicted octanol–water partition coefficient (Wildman–Crippen LogP) is 1.65. The molecule has 0 unspecified atom stereocenters. The zero-order valence-corrected chi connectivity index (χ0v) is 14.6. The van der Waals surface area contributed by atoms with Gasteiger partial charge in [0.1, 0.15) is 5.76 Å². The average molecular weight is 378 g/mol. The molecule has 2 N–H and O–H groups in total. The van der Waals surface area contributed by atoms with Crippen molar-refractivity contribution in [2.75, 3.05) is 11.9 Å². The lowest BCUT2D eigenvalue weighted by molar-refractivity contribution is -0.148. The van der Waals surface area contributed by atoms with Gasteiger partial charge in [0.2, 0.25) is 10.0 Å². The van der Waals surface area contributed by atoms with Crippen LogP contribution >= 0.6 is 0 Å². The Morgan fingerprint density at radius 3 is 2.69 bits per heavy atom. The maximum absolute atomic E-state index is 12.3. The van der Waals surface area contributed by atoms with E-state index in [0.717, 1.165) is 12.8 Å². The number of esters is 1. The Bertz CT molecular complexity index is 888. The molecule has 1 heterocycles. The number of furan rings is 1. The maximum atomic E-state index is 12.3. The molecule has 0 aliphatic heterocycles. The van der Waals surface area contributed by atoms with Crippen LogP contribution in [0.25, 0.3) is 0 Å². The van der Waals surface area contributed by atoms with Crippen LogP contribution in [0.4, 0.5) is 5.69 Å². The largest absolute Gasteiger partial charge is 0.468 e. The average Bonchev–Trinajstić information content (AvgIpc) is 3.34. The fourth-order valence-electron chi connectivity index (χ4n) is 2.17. The normalized spacial score (nSPS) is 14.0. The van der Waals surface area contributed by atoms with E-state index in [9.17, 15) is 18.0 Å². The molecule has 1 aromatic carbocycles. The van der Waals surface area contributed by atoms with E-state index in [4.69, 9.17) is 9.15 Å². The van der Waals surface area contributed by atoms with Gasteiger partial charge in [0.05, 0.1) is 23.6 Å². The Labute approximate surface area is 150 Å². The minimum absolute atomic E-state index is 0.00293. The molecule has 1 amide bonds. The number of anilines is 1. The van der Waals surface area contributed by atoms with Crippen molar-refractivity contribution in [1.82, 2.24) is 4.72 Å². The number of rotatable bonds is 8. The summed E-state index contributed by atoms with van der Waals surface area (Å²) in [6.45, 7) is -0.383. The van der Waals surface area contributed by atoms with Crippen molar-refractivity contribution >= 4 is 27.6 Å². The molecule has 0 radical (unpaired) electrons. The molecule has 0 atom stereocenters. The Kier molecular flexibility index (Phi) is 5.38. The van der Waals surface area contributed by atoms with Crippen LogP contribution in [0.5, 0.6) is 0 Å². The molecule has 1 saturated carbocycles. The van der Waals surface area contributed by atoms with Crippen LogP contribution < -0.4 is 10.0 Å². The number of sulfonamides is 1. The van der Waals surface area contributed by atoms with Crippen molar-refractivity contribution in [3.63, 3.8) is 0 Å². The molecule has 138 valence electrons. The molecular weight excluding hydrogens is 360 g/mol. The number of hydrogen-bond donors (Lipinski definition) is 2. The molecular formula is C17H18N2O6S. The van der Waals surface area contributed by atoms with Gasteiger partial charge in [-0.05, 0) is 43.2 Å². The lowest BCUT2D eigenvalue weighted by Crippen LogP contribution is -2.24. The van der Waals surface area contributed by atoms with Gasteiger partial charge < -0.3 is 14.5 Å². The number of nitrogens with one attached hydrogen (secondary N) is 2. The topological polar surface area (TPSA) is 115 Å². The van der Waals surface area contributed by atoms with Crippen molar-refractivity contribution < 1.29 is 27.2 Å². The second kappa shape index (κ2) is 7.71. The van der Waals surface area contributed by atoms with Crippen molar-refractivity contribution in [2.24, 2.45) is 5.92 Å². The molecule has 2 aromatic rings. The van der Waals surface area contributed by atoms with E-state index >= 15 is 0 Å². The molecule has 1 aromatic heterocycles. The van der Waals surface area contributed by atoms with E-state index in [1.54, 1.807) is 18.2 Å². The third-order valence-electron chi connectivity index (χ3n) is 3.70. The number of amides is 1. The monoisotopic (exact) mass is 378 g/mol. The first-order valence-electron chi connectivity index (χ1n) is 8.02. The van der Waals surface area contributed by atoms with Crippen LogP contribution in [-0.2, 0) is 30.9 Å². The SMILES string of the molecule is O=C(COC(=O)C1CC1)Nc1cccc(S(=O)(=O)NCc2ccco2)c1. The van der Waals surface area contributed by atoms with E-state index in [1.165, 1.54) is 24.5 Å². The Morgan fingerprint density at radius 1 is 1.19 bits per heavy atom. The van der Waals surface area contributed by atoms with Gasteiger partial charge in [-0.1, -0.05) is 6.07 Å². The van der Waals surface area contributed by atoms with Crippen molar-refractivity contribution in [3.05, 3.63) is 48.4 Å². The van der Waals surface area contributed by atoms with Gasteiger partial charge in [-0.25, -0.2) is 13.1 Å². The number of benzene rings is 1. The van der Waals surface area contributed by atoms with Gasteiger partial charge in [0, 0.05) is 5.69 Å². The molecule has 26 heavy (non-hydrogen) atoms. The summed E-state index contributed by atoms with van der Waals surface area (Å²) in [5, 5.41) is 2.51. The van der Waals surface area contributed by atoms with E-state index in [0.29, 0.717) is 11.4 Å². The molecule has 9 heteroatoms. The highest BCUT2D eigenvalue weighted by molar-refractivity contribution is 7.89. The van der Waals surface area contributed by atoms with Crippen LogP contribution in [0.3, 0.4) is 0 Å². The first kappa shape index (κ1) is 18.2. The summed E-state index contributed by atoms with van der Waals surface area (Å²) in [5.74, 6) is -0.511. The lowest BCUT2D eigenvalue weighted by atomic mass is 10.3. The zero-order valence-electron chi connectivity index (χ0n) is 13.8. The fourth-order valence-corrected chi connectivity index (χ4v) is 3.21. The second-order valence-corrected chi connectivity index (χ2v) is 7.63. The lowest BCUT2D eigenvalue weighted by Gasteiger charge is -2.09. The molecule has 0 spiro atoms. The van der Waals surface area contributed by atoms with Crippen molar-refractivity contribution in [1.29, 1.82) is 0 Å². The van der Waals surface area contributed by atoms with Gasteiger partial charge in [-0.15, -0.1) is 0 Å². The highest BCUT2D eigenvalue weighted by Gasteiger charge is 2.31. The third-order valence-corrected chi connectivity index (χ3v) is 5.10. The van der Waals surface area contributed by atoms with Gasteiger partial charge in [-0.3, -0.25) is 9.59 Å². The fraction of sp³-hybridized carbons (Fsp3) is 0.294. The molecule has 1 aliphatic rings. The summed E-state index contributed by atoms with van der Waals surface area (Å²) in [5.41, 5.74) is 0.290. The molecule has 0 bridgehead atoms. The Hall–Kier alpha value is -2.65. The molecule has 1 aliphatic carbocycles. The van der Waals surface area contributed by atoms with Gasteiger partial charge in [-0.2, -0.15) is 0 Å². The number of carbonyl (C=O) groups excluding carboxylic acids is 2. The summed E-state index contributed by atoms with van der Waals surface area (Å²) < 4.78 is 37.0. The van der Waals surface area contributed by atoms with Crippen LogP contribution in [-0.4, -0.2) is 26.9 Å². The predicted molar refractivity (Wildman–Crippen MR) is 91.5 cm³/mol. The summed E-state index contributed by atoms with van der Waals surface area (Å²) in [7, 11) is -3.77. The van der Waals surface area contributed by atoms with E-state index < -0.39 is 22.5 Å². The summed E-state index contributed by atoms with van der Waals surface area (Å²) in [6.07, 6.45) is 3.05. The van der Waals surface area contributed by atoms with Gasteiger partial charge >= 0.3 is 5.97 Å². The molecule has 0 saturated heterocycles.